The van der Waals surface area contributed by atoms with Gasteiger partial charge in [0.2, 0.25) is 41.4 Å². The zero-order valence-electron chi connectivity index (χ0n) is 33.7. The summed E-state index contributed by atoms with van der Waals surface area (Å²) in [5.41, 5.74) is 5.86. The van der Waals surface area contributed by atoms with Crippen LogP contribution in [-0.2, 0) is 52.7 Å². The highest BCUT2D eigenvalue weighted by Gasteiger charge is 2.40. The third-order valence-corrected chi connectivity index (χ3v) is 10.4. The first-order valence-electron chi connectivity index (χ1n) is 18.9. The van der Waals surface area contributed by atoms with E-state index in [1.165, 1.54) is 37.4 Å². The van der Waals surface area contributed by atoms with E-state index in [-0.39, 0.29) is 32.2 Å². The van der Waals surface area contributed by atoms with Crippen LogP contribution in [0.4, 0.5) is 0 Å². The van der Waals surface area contributed by atoms with E-state index in [1.807, 2.05) is 0 Å². The smallest absolute Gasteiger partial charge is 0.326 e. The molecule has 1 rings (SSSR count). The topological polar surface area (TPSA) is 370 Å². The van der Waals surface area contributed by atoms with Crippen molar-refractivity contribution in [3.8, 4) is 0 Å². The van der Waals surface area contributed by atoms with Gasteiger partial charge < -0.3 is 63.0 Å². The minimum atomic E-state index is -1.81. The van der Waals surface area contributed by atoms with Crippen molar-refractivity contribution in [2.75, 3.05) is 30.6 Å². The summed E-state index contributed by atoms with van der Waals surface area (Å²) in [5, 5.41) is 51.4. The Morgan fingerprint density at radius 1 is 0.600 bits per heavy atom. The molecule has 1 aliphatic heterocycles. The molecule has 0 aromatic heterocycles. The summed E-state index contributed by atoms with van der Waals surface area (Å²) < 4.78 is 0. The van der Waals surface area contributed by atoms with Crippen molar-refractivity contribution < 1.29 is 73.2 Å². The van der Waals surface area contributed by atoms with E-state index >= 15 is 0 Å². The van der Waals surface area contributed by atoms with Crippen molar-refractivity contribution in [2.45, 2.75) is 120 Å². The predicted molar refractivity (Wildman–Crippen MR) is 215 cm³/mol. The first-order chi connectivity index (χ1) is 28.1. The van der Waals surface area contributed by atoms with Gasteiger partial charge in [0.1, 0.15) is 42.3 Å². The standard InChI is InChI=1S/C35H56N8O15S2/c1-17(38-31(53)20(7-9-25(44)45)40-30(52)19(36)11-14-59-3)28(50)37-18(2)29(51)39-21(8-10-26(46)47)32(54)42-23(16-27(48)49)34(56)43-13-5-6-24(43)33(55)41-22(35(57)58)12-15-60-4/h17-24H,5-16,36H2,1-4H3,(H,37,50)(H,38,53)(H,39,51)(H,40,52)(H,41,55)(H,42,54)(H,44,45)(H,46,47)(H,48,49)(H,57,58)/t17-,18-,19-,20-,21-,22-,23-,24-/m0/s1. The number of nitrogens with zero attached hydrogens (tertiary/aromatic N) is 1. The Morgan fingerprint density at radius 2 is 1.07 bits per heavy atom. The lowest BCUT2D eigenvalue weighted by Gasteiger charge is -2.30. The Balaban J connectivity index is 3.10. The molecular formula is C35H56N8O15S2. The van der Waals surface area contributed by atoms with Crippen LogP contribution in [0.2, 0.25) is 0 Å². The van der Waals surface area contributed by atoms with E-state index in [9.17, 15) is 68.1 Å². The Morgan fingerprint density at radius 3 is 1.57 bits per heavy atom. The Kier molecular flexibility index (Phi) is 23.6. The predicted octanol–water partition coefficient (Wildman–Crippen LogP) is -2.95. The Bertz CT molecular complexity index is 1590. The van der Waals surface area contributed by atoms with Crippen molar-refractivity contribution in [1.29, 1.82) is 0 Å². The number of amides is 7. The molecule has 25 heteroatoms. The number of hydrogen-bond donors (Lipinski definition) is 11. The van der Waals surface area contributed by atoms with Crippen molar-refractivity contribution in [2.24, 2.45) is 5.73 Å². The van der Waals surface area contributed by atoms with E-state index < -0.39 is 139 Å². The number of carbonyl (C=O) groups excluding carboxylic acids is 7. The van der Waals surface area contributed by atoms with E-state index in [0.717, 1.165) is 4.90 Å². The fourth-order valence-corrected chi connectivity index (χ4v) is 6.68. The van der Waals surface area contributed by atoms with Crippen LogP contribution in [0.25, 0.3) is 0 Å². The number of thioether (sulfide) groups is 2. The summed E-state index contributed by atoms with van der Waals surface area (Å²) in [7, 11) is 0. The molecule has 338 valence electrons. The molecule has 12 N–H and O–H groups in total. The summed E-state index contributed by atoms with van der Waals surface area (Å²) in [6.45, 7) is 2.38. The van der Waals surface area contributed by atoms with Crippen LogP contribution in [0, 0.1) is 0 Å². The normalized spacial score (nSPS) is 16.9. The Hall–Kier alpha value is -5.17. The average molecular weight is 893 g/mol. The fraction of sp³-hybridized carbons (Fsp3) is 0.686. The third kappa shape index (κ3) is 18.8. The summed E-state index contributed by atoms with van der Waals surface area (Å²) in [6.07, 6.45) is 1.24. The molecule has 23 nitrogen and oxygen atoms in total. The monoisotopic (exact) mass is 892 g/mol. The van der Waals surface area contributed by atoms with Gasteiger partial charge in [-0.05, 0) is 76.4 Å². The number of nitrogens with one attached hydrogen (secondary N) is 6. The van der Waals surface area contributed by atoms with Gasteiger partial charge in [-0.3, -0.25) is 47.9 Å². The summed E-state index contributed by atoms with van der Waals surface area (Å²) in [5.74, 6) is -11.1. The molecule has 1 fully saturated rings. The molecule has 0 aromatic carbocycles. The molecule has 8 atom stereocenters. The highest BCUT2D eigenvalue weighted by atomic mass is 32.2. The number of carbonyl (C=O) groups is 11. The van der Waals surface area contributed by atoms with Crippen LogP contribution in [-0.4, -0.2) is 169 Å². The van der Waals surface area contributed by atoms with Gasteiger partial charge in [0.05, 0.1) is 12.5 Å². The zero-order chi connectivity index (χ0) is 45.7. The first kappa shape index (κ1) is 52.8. The summed E-state index contributed by atoms with van der Waals surface area (Å²) >= 11 is 2.79. The molecule has 0 aromatic rings. The maximum Gasteiger partial charge on any atom is 0.326 e. The minimum Gasteiger partial charge on any atom is -0.481 e. The first-order valence-corrected chi connectivity index (χ1v) is 21.7. The molecule has 1 aliphatic rings. The second-order valence-corrected chi connectivity index (χ2v) is 15.8. The second-order valence-electron chi connectivity index (χ2n) is 13.9. The van der Waals surface area contributed by atoms with Crippen molar-refractivity contribution in [3.63, 3.8) is 0 Å². The number of likely N-dealkylation sites (tertiary alicyclic amines) is 1. The molecule has 0 bridgehead atoms. The van der Waals surface area contributed by atoms with Gasteiger partial charge in [0.25, 0.3) is 0 Å². The van der Waals surface area contributed by atoms with Crippen LogP contribution in [0.15, 0.2) is 0 Å². The lowest BCUT2D eigenvalue weighted by molar-refractivity contribution is -0.147. The molecule has 60 heavy (non-hydrogen) atoms. The maximum atomic E-state index is 13.7. The van der Waals surface area contributed by atoms with Gasteiger partial charge in [0.15, 0.2) is 0 Å². The average Bonchev–Trinajstić information content (AvgIpc) is 3.67. The van der Waals surface area contributed by atoms with Gasteiger partial charge in [-0.15, -0.1) is 0 Å². The van der Waals surface area contributed by atoms with Gasteiger partial charge in [-0.25, -0.2) is 4.79 Å². The van der Waals surface area contributed by atoms with Crippen LogP contribution >= 0.6 is 23.5 Å². The molecule has 0 spiro atoms. The Labute approximate surface area is 354 Å². The lowest BCUT2D eigenvalue weighted by atomic mass is 10.1. The zero-order valence-corrected chi connectivity index (χ0v) is 35.4. The quantitative estimate of drug-likeness (QED) is 0.0374. The second kappa shape index (κ2) is 26.8. The highest BCUT2D eigenvalue weighted by molar-refractivity contribution is 7.98. The van der Waals surface area contributed by atoms with Crippen LogP contribution in [0.1, 0.15) is 71.6 Å². The molecule has 0 radical (unpaired) electrons. The molecule has 0 unspecified atom stereocenters. The van der Waals surface area contributed by atoms with Crippen molar-refractivity contribution >= 4 is 88.8 Å². The lowest BCUT2D eigenvalue weighted by Crippen LogP contribution is -2.59. The molecule has 0 saturated carbocycles. The number of rotatable bonds is 28. The van der Waals surface area contributed by atoms with E-state index in [0.29, 0.717) is 17.9 Å². The highest BCUT2D eigenvalue weighted by Crippen LogP contribution is 2.20. The maximum absolute atomic E-state index is 13.7. The largest absolute Gasteiger partial charge is 0.481 e. The van der Waals surface area contributed by atoms with Crippen molar-refractivity contribution in [3.05, 3.63) is 0 Å². The number of carboxylic acids is 4. The number of aliphatic carboxylic acids is 4. The third-order valence-electron chi connectivity index (χ3n) is 9.09. The van der Waals surface area contributed by atoms with E-state index in [1.54, 1.807) is 12.5 Å². The molecule has 7 amide bonds. The molecular weight excluding hydrogens is 837 g/mol. The minimum absolute atomic E-state index is 0.0368. The van der Waals surface area contributed by atoms with E-state index in [4.69, 9.17) is 10.8 Å². The fourth-order valence-electron chi connectivity index (χ4n) is 5.72. The van der Waals surface area contributed by atoms with Gasteiger partial charge >= 0.3 is 23.9 Å². The summed E-state index contributed by atoms with van der Waals surface area (Å²) in [6, 6.07) is -11.1. The number of carboxylic acid groups (broad SMARTS) is 4. The van der Waals surface area contributed by atoms with E-state index in [2.05, 4.69) is 31.9 Å². The van der Waals surface area contributed by atoms with Gasteiger partial charge in [-0.1, -0.05) is 0 Å². The van der Waals surface area contributed by atoms with Crippen molar-refractivity contribution in [1.82, 2.24) is 36.8 Å². The van der Waals surface area contributed by atoms with Gasteiger partial charge in [0, 0.05) is 19.4 Å². The number of nitrogens with two attached hydrogens (primary N) is 1. The molecule has 0 aliphatic carbocycles. The molecule has 1 heterocycles. The van der Waals surface area contributed by atoms with Gasteiger partial charge in [-0.2, -0.15) is 23.5 Å². The number of hydrogen-bond acceptors (Lipinski definition) is 14. The van der Waals surface area contributed by atoms with Crippen LogP contribution in [0.3, 0.4) is 0 Å². The molecule has 1 saturated heterocycles. The SMILES string of the molecule is CSCC[C@H](NC(=O)[C@@H]1CCCN1C(=O)[C@H](CC(=O)O)NC(=O)[C@H](CCC(=O)O)NC(=O)[C@H](C)NC(=O)[C@H](C)NC(=O)[C@H](CCC(=O)O)NC(=O)[C@@H](N)CCSC)C(=O)O. The van der Waals surface area contributed by atoms with Crippen LogP contribution in [0.5, 0.6) is 0 Å². The van der Waals surface area contributed by atoms with Crippen LogP contribution < -0.4 is 37.6 Å². The summed E-state index contributed by atoms with van der Waals surface area (Å²) in [4.78, 5) is 139.